The van der Waals surface area contributed by atoms with Crippen LogP contribution in [0.15, 0.2) is 0 Å². The van der Waals surface area contributed by atoms with Gasteiger partial charge in [0.05, 0.1) is 6.10 Å². The third-order valence-corrected chi connectivity index (χ3v) is 3.71. The van der Waals surface area contributed by atoms with Crippen molar-refractivity contribution in [1.82, 2.24) is 0 Å². The van der Waals surface area contributed by atoms with Gasteiger partial charge in [-0.25, -0.2) is 0 Å². The summed E-state index contributed by atoms with van der Waals surface area (Å²) in [4.78, 5) is 0. The van der Waals surface area contributed by atoms with Crippen molar-refractivity contribution >= 4 is 0 Å². The molecule has 0 aromatic carbocycles. The molecule has 0 radical (unpaired) electrons. The molecule has 2 N–H and O–H groups in total. The fraction of sp³-hybridized carbons (Fsp3) is 1.00. The smallest absolute Gasteiger partial charge is 0.0754 e. The first-order valence-corrected chi connectivity index (χ1v) is 5.64. The molecule has 2 rings (SSSR count). The zero-order valence-corrected chi connectivity index (χ0v) is 8.54. The Kier molecular flexibility index (Phi) is 2.89. The lowest BCUT2D eigenvalue weighted by molar-refractivity contribution is 0.0352. The van der Waals surface area contributed by atoms with Crippen LogP contribution in [-0.2, 0) is 4.74 Å². The molecular weight excluding hydrogens is 162 g/mol. The van der Waals surface area contributed by atoms with Crippen LogP contribution in [0.3, 0.4) is 0 Å². The van der Waals surface area contributed by atoms with Gasteiger partial charge in [-0.15, -0.1) is 0 Å². The van der Waals surface area contributed by atoms with Crippen LogP contribution in [0.2, 0.25) is 0 Å². The zero-order valence-electron chi connectivity index (χ0n) is 8.54. The molecule has 2 fully saturated rings. The predicted molar refractivity (Wildman–Crippen MR) is 53.5 cm³/mol. The van der Waals surface area contributed by atoms with E-state index >= 15 is 0 Å². The monoisotopic (exact) mass is 183 g/mol. The molecule has 13 heavy (non-hydrogen) atoms. The molecule has 0 bridgehead atoms. The van der Waals surface area contributed by atoms with Crippen LogP contribution in [0.5, 0.6) is 0 Å². The van der Waals surface area contributed by atoms with Gasteiger partial charge in [0.15, 0.2) is 0 Å². The topological polar surface area (TPSA) is 35.2 Å². The minimum Gasteiger partial charge on any atom is -0.376 e. The second kappa shape index (κ2) is 3.97. The largest absolute Gasteiger partial charge is 0.376 e. The van der Waals surface area contributed by atoms with Crippen molar-refractivity contribution in [3.05, 3.63) is 0 Å². The summed E-state index contributed by atoms with van der Waals surface area (Å²) in [5, 5.41) is 0. The molecule has 76 valence electrons. The Morgan fingerprint density at radius 3 is 2.31 bits per heavy atom. The van der Waals surface area contributed by atoms with E-state index in [4.69, 9.17) is 10.5 Å². The zero-order chi connectivity index (χ0) is 9.26. The molecule has 1 saturated carbocycles. The molecule has 1 aliphatic carbocycles. The van der Waals surface area contributed by atoms with E-state index in [2.05, 4.69) is 6.92 Å². The molecule has 2 nitrogen and oxygen atoms in total. The second-order valence-corrected chi connectivity index (χ2v) is 4.81. The number of rotatable bonds is 1. The summed E-state index contributed by atoms with van der Waals surface area (Å²) >= 11 is 0. The van der Waals surface area contributed by atoms with Crippen molar-refractivity contribution in [2.75, 3.05) is 6.61 Å². The highest BCUT2D eigenvalue weighted by molar-refractivity contribution is 4.87. The first kappa shape index (κ1) is 9.47. The highest BCUT2D eigenvalue weighted by atomic mass is 16.5. The van der Waals surface area contributed by atoms with E-state index in [1.165, 1.54) is 25.7 Å². The quantitative estimate of drug-likeness (QED) is 0.674. The minimum atomic E-state index is 0.318. The Morgan fingerprint density at radius 2 is 1.77 bits per heavy atom. The molecular formula is C11H21NO. The first-order chi connectivity index (χ1) is 6.27. The lowest BCUT2D eigenvalue weighted by atomic mass is 9.79. The molecule has 0 spiro atoms. The van der Waals surface area contributed by atoms with E-state index in [-0.39, 0.29) is 0 Å². The molecule has 2 atom stereocenters. The summed E-state index contributed by atoms with van der Waals surface area (Å²) in [6, 6.07) is 0.318. The van der Waals surface area contributed by atoms with Gasteiger partial charge in [0.1, 0.15) is 0 Å². The number of nitrogens with two attached hydrogens (primary N) is 1. The maximum absolute atomic E-state index is 6.02. The lowest BCUT2D eigenvalue weighted by Gasteiger charge is -2.31. The van der Waals surface area contributed by atoms with Crippen LogP contribution in [0.1, 0.15) is 39.0 Å². The molecule has 2 aliphatic rings. The predicted octanol–water partition coefficient (Wildman–Crippen LogP) is 1.93. The summed E-state index contributed by atoms with van der Waals surface area (Å²) in [7, 11) is 0. The summed E-state index contributed by atoms with van der Waals surface area (Å²) in [5.41, 5.74) is 6.02. The number of hydrogen-bond acceptors (Lipinski definition) is 2. The molecule has 1 aliphatic heterocycles. The van der Waals surface area contributed by atoms with Crippen LogP contribution >= 0.6 is 0 Å². The highest BCUT2D eigenvalue weighted by Gasteiger charge is 2.34. The normalized spacial score (nSPS) is 46.6. The van der Waals surface area contributed by atoms with Gasteiger partial charge in [0.25, 0.3) is 0 Å². The maximum atomic E-state index is 6.02. The fourth-order valence-electron chi connectivity index (χ4n) is 2.73. The number of hydrogen-bond donors (Lipinski definition) is 1. The second-order valence-electron chi connectivity index (χ2n) is 4.81. The van der Waals surface area contributed by atoms with Gasteiger partial charge in [0, 0.05) is 12.6 Å². The van der Waals surface area contributed by atoms with E-state index in [0.717, 1.165) is 24.9 Å². The highest BCUT2D eigenvalue weighted by Crippen LogP contribution is 2.34. The van der Waals surface area contributed by atoms with Crippen LogP contribution in [0.4, 0.5) is 0 Å². The van der Waals surface area contributed by atoms with Gasteiger partial charge < -0.3 is 10.5 Å². The Morgan fingerprint density at radius 1 is 1.08 bits per heavy atom. The Bertz CT molecular complexity index is 163. The van der Waals surface area contributed by atoms with Gasteiger partial charge in [0.2, 0.25) is 0 Å². The van der Waals surface area contributed by atoms with Crippen molar-refractivity contribution in [2.24, 2.45) is 17.6 Å². The minimum absolute atomic E-state index is 0.318. The Hall–Kier alpha value is -0.0800. The van der Waals surface area contributed by atoms with Crippen molar-refractivity contribution in [3.63, 3.8) is 0 Å². The number of ether oxygens (including phenoxy) is 1. The van der Waals surface area contributed by atoms with Gasteiger partial charge in [-0.05, 0) is 31.1 Å². The lowest BCUT2D eigenvalue weighted by Crippen LogP contribution is -2.37. The summed E-state index contributed by atoms with van der Waals surface area (Å²) in [5.74, 6) is 1.68. The van der Waals surface area contributed by atoms with Gasteiger partial charge in [-0.2, -0.15) is 0 Å². The Labute approximate surface area is 80.8 Å². The third kappa shape index (κ3) is 2.05. The molecule has 2 unspecified atom stereocenters. The summed E-state index contributed by atoms with van der Waals surface area (Å²) in [6.07, 6.45) is 6.86. The van der Waals surface area contributed by atoms with E-state index in [0.29, 0.717) is 12.1 Å². The van der Waals surface area contributed by atoms with E-state index in [1.807, 2.05) is 0 Å². The molecule has 2 heteroatoms. The van der Waals surface area contributed by atoms with Gasteiger partial charge in [-0.3, -0.25) is 0 Å². The average molecular weight is 183 g/mol. The molecule has 0 aromatic rings. The van der Waals surface area contributed by atoms with Crippen molar-refractivity contribution in [1.29, 1.82) is 0 Å². The van der Waals surface area contributed by atoms with E-state index in [9.17, 15) is 0 Å². The Balaban J connectivity index is 1.86. The standard InChI is InChI=1S/C11H21NO/c1-8-2-4-9(5-3-8)11-10(12)6-7-13-11/h8-11H,2-7,12H2,1H3. The fourth-order valence-corrected chi connectivity index (χ4v) is 2.73. The van der Waals surface area contributed by atoms with Gasteiger partial charge in [-0.1, -0.05) is 19.8 Å². The first-order valence-electron chi connectivity index (χ1n) is 5.64. The molecule has 0 amide bonds. The molecule has 1 saturated heterocycles. The van der Waals surface area contributed by atoms with Crippen molar-refractivity contribution in [3.8, 4) is 0 Å². The molecule has 1 heterocycles. The molecule has 0 aromatic heterocycles. The maximum Gasteiger partial charge on any atom is 0.0754 e. The van der Waals surface area contributed by atoms with Crippen LogP contribution in [0.25, 0.3) is 0 Å². The average Bonchev–Trinajstić information content (AvgIpc) is 2.53. The van der Waals surface area contributed by atoms with Crippen LogP contribution < -0.4 is 5.73 Å². The van der Waals surface area contributed by atoms with E-state index < -0.39 is 0 Å². The SMILES string of the molecule is CC1CCC(C2OCCC2N)CC1. The summed E-state index contributed by atoms with van der Waals surface area (Å²) in [6.45, 7) is 3.24. The van der Waals surface area contributed by atoms with Crippen molar-refractivity contribution < 1.29 is 4.74 Å². The van der Waals surface area contributed by atoms with Crippen LogP contribution in [-0.4, -0.2) is 18.8 Å². The van der Waals surface area contributed by atoms with E-state index in [1.54, 1.807) is 0 Å². The summed E-state index contributed by atoms with van der Waals surface area (Å²) < 4.78 is 5.71. The van der Waals surface area contributed by atoms with Gasteiger partial charge >= 0.3 is 0 Å². The third-order valence-electron chi connectivity index (χ3n) is 3.71. The van der Waals surface area contributed by atoms with Crippen LogP contribution in [0, 0.1) is 11.8 Å². The van der Waals surface area contributed by atoms with Crippen molar-refractivity contribution in [2.45, 2.75) is 51.2 Å².